The van der Waals surface area contributed by atoms with Crippen LogP contribution < -0.4 is 0 Å². The second-order valence-electron chi connectivity index (χ2n) is 8.68. The van der Waals surface area contributed by atoms with Crippen molar-refractivity contribution in [2.24, 2.45) is 0 Å². The van der Waals surface area contributed by atoms with Gasteiger partial charge < -0.3 is 4.90 Å². The number of sulfonamides is 1. The molecule has 1 aliphatic rings. The summed E-state index contributed by atoms with van der Waals surface area (Å²) in [4.78, 5) is 29.5. The Morgan fingerprint density at radius 1 is 0.750 bits per heavy atom. The number of nitrogens with zero attached hydrogens (tertiary/aromatic N) is 2. The maximum atomic E-state index is 14.0. The van der Waals surface area contributed by atoms with Crippen LogP contribution in [0.3, 0.4) is 0 Å². The number of Topliss-reactive ketones (excluding diaryl/α,β-unsaturated/α-hetero) is 2. The van der Waals surface area contributed by atoms with Crippen LogP contribution in [0.2, 0.25) is 0 Å². The first kappa shape index (κ1) is 25.4. The van der Waals surface area contributed by atoms with Crippen LogP contribution in [-0.2, 0) is 10.0 Å². The van der Waals surface area contributed by atoms with Crippen molar-refractivity contribution >= 4 is 27.3 Å². The summed E-state index contributed by atoms with van der Waals surface area (Å²) in [5, 5.41) is 0. The molecular formula is C29H30N2O4S. The van der Waals surface area contributed by atoms with E-state index >= 15 is 0 Å². The molecule has 0 fully saturated rings. The predicted octanol–water partition coefficient (Wildman–Crippen LogP) is 5.25. The van der Waals surface area contributed by atoms with E-state index in [1.807, 2.05) is 13.8 Å². The average molecular weight is 503 g/mol. The van der Waals surface area contributed by atoms with Crippen LogP contribution in [0.15, 0.2) is 95.5 Å². The Hall–Kier alpha value is -3.71. The third kappa shape index (κ3) is 4.84. The van der Waals surface area contributed by atoms with Crippen LogP contribution in [0.4, 0.5) is 0 Å². The summed E-state index contributed by atoms with van der Waals surface area (Å²) in [5.74, 6) is -0.810. The minimum absolute atomic E-state index is 0.0195. The number of allylic oxidation sites excluding steroid dienone is 1. The molecule has 0 spiro atoms. The van der Waals surface area contributed by atoms with Gasteiger partial charge in [-0.25, -0.2) is 8.42 Å². The number of carbonyl (C=O) groups is 2. The lowest BCUT2D eigenvalue weighted by atomic mass is 10.0. The van der Waals surface area contributed by atoms with Gasteiger partial charge in [0.1, 0.15) is 5.70 Å². The number of carbonyl (C=O) groups excluding carboxylic acids is 2. The van der Waals surface area contributed by atoms with Crippen LogP contribution in [0.25, 0.3) is 5.70 Å². The van der Waals surface area contributed by atoms with Gasteiger partial charge in [0, 0.05) is 29.8 Å². The van der Waals surface area contributed by atoms with Crippen LogP contribution in [0, 0.1) is 0 Å². The Labute approximate surface area is 212 Å². The number of rotatable bonds is 10. The smallest absolute Gasteiger partial charge is 0.265 e. The van der Waals surface area contributed by atoms with Gasteiger partial charge in [0.2, 0.25) is 5.78 Å². The van der Waals surface area contributed by atoms with E-state index in [0.29, 0.717) is 35.5 Å². The van der Waals surface area contributed by atoms with E-state index in [9.17, 15) is 18.0 Å². The zero-order valence-corrected chi connectivity index (χ0v) is 21.4. The fourth-order valence-electron chi connectivity index (χ4n) is 4.52. The maximum absolute atomic E-state index is 14.0. The van der Waals surface area contributed by atoms with Gasteiger partial charge in [-0.05, 0) is 18.9 Å². The van der Waals surface area contributed by atoms with Gasteiger partial charge >= 0.3 is 0 Å². The normalized spacial score (nSPS) is 14.3. The lowest BCUT2D eigenvalue weighted by Gasteiger charge is -2.38. The summed E-state index contributed by atoms with van der Waals surface area (Å²) in [6, 6.07) is 23.9. The van der Waals surface area contributed by atoms with Crippen LogP contribution in [0.5, 0.6) is 0 Å². The molecule has 1 heterocycles. The summed E-state index contributed by atoms with van der Waals surface area (Å²) >= 11 is 0. The van der Waals surface area contributed by atoms with Gasteiger partial charge in [-0.1, -0.05) is 92.7 Å². The molecule has 1 aliphatic heterocycles. The van der Waals surface area contributed by atoms with Gasteiger partial charge in [0.25, 0.3) is 10.0 Å². The predicted molar refractivity (Wildman–Crippen MR) is 141 cm³/mol. The molecule has 0 aromatic heterocycles. The average Bonchev–Trinajstić information content (AvgIpc) is 2.90. The molecule has 6 nitrogen and oxygen atoms in total. The molecule has 36 heavy (non-hydrogen) atoms. The SMILES string of the molecule is CCCN(CCC)C1=C(C(=O)c2ccccc2)N(CC(=O)c2ccccc2)S(=O)(=O)c2ccccc21. The standard InChI is InChI=1S/C29H30N2O4S/c1-3-19-30(20-4-2)27-24-17-11-12-18-26(24)36(34,35)31(21-25(32)22-13-7-5-8-14-22)28(27)29(33)23-15-9-6-10-16-23/h5-18H,3-4,19-21H2,1-2H3. The Morgan fingerprint density at radius 2 is 1.28 bits per heavy atom. The molecule has 186 valence electrons. The van der Waals surface area contributed by atoms with E-state index in [2.05, 4.69) is 4.90 Å². The molecule has 0 atom stereocenters. The molecule has 0 unspecified atom stereocenters. The van der Waals surface area contributed by atoms with Crippen molar-refractivity contribution in [1.29, 1.82) is 0 Å². The lowest BCUT2D eigenvalue weighted by Crippen LogP contribution is -2.44. The summed E-state index contributed by atoms with van der Waals surface area (Å²) < 4.78 is 29.0. The van der Waals surface area contributed by atoms with Crippen molar-refractivity contribution < 1.29 is 18.0 Å². The lowest BCUT2D eigenvalue weighted by molar-refractivity contribution is 0.0956. The van der Waals surface area contributed by atoms with E-state index in [1.165, 1.54) is 0 Å². The van der Waals surface area contributed by atoms with Gasteiger partial charge in [-0.2, -0.15) is 0 Å². The molecule has 0 bridgehead atoms. The molecule has 0 amide bonds. The molecule has 0 saturated heterocycles. The Morgan fingerprint density at radius 3 is 1.86 bits per heavy atom. The first-order valence-corrected chi connectivity index (χ1v) is 13.6. The van der Waals surface area contributed by atoms with Crippen molar-refractivity contribution in [2.45, 2.75) is 31.6 Å². The molecule has 0 aliphatic carbocycles. The van der Waals surface area contributed by atoms with Crippen molar-refractivity contribution in [3.63, 3.8) is 0 Å². The highest BCUT2D eigenvalue weighted by Crippen LogP contribution is 2.40. The monoisotopic (exact) mass is 502 g/mol. The van der Waals surface area contributed by atoms with Crippen LogP contribution in [-0.4, -0.2) is 48.8 Å². The summed E-state index contributed by atoms with van der Waals surface area (Å²) in [5.41, 5.74) is 1.82. The highest BCUT2D eigenvalue weighted by molar-refractivity contribution is 7.89. The number of hydrogen-bond acceptors (Lipinski definition) is 5. The Balaban J connectivity index is 2.00. The minimum Gasteiger partial charge on any atom is -0.369 e. The molecule has 7 heteroatoms. The van der Waals surface area contributed by atoms with Crippen molar-refractivity contribution in [3.8, 4) is 0 Å². The zero-order chi connectivity index (χ0) is 25.7. The highest BCUT2D eigenvalue weighted by atomic mass is 32.2. The minimum atomic E-state index is -4.18. The highest BCUT2D eigenvalue weighted by Gasteiger charge is 2.42. The van der Waals surface area contributed by atoms with E-state index in [-0.39, 0.29) is 16.4 Å². The molecular weight excluding hydrogens is 472 g/mol. The molecule has 0 saturated carbocycles. The summed E-state index contributed by atoms with van der Waals surface area (Å²) in [7, 11) is -4.18. The second-order valence-corrected chi connectivity index (χ2v) is 10.5. The van der Waals surface area contributed by atoms with Crippen molar-refractivity contribution in [2.75, 3.05) is 19.6 Å². The molecule has 3 aromatic rings. The van der Waals surface area contributed by atoms with Gasteiger partial charge in [-0.3, -0.25) is 13.9 Å². The van der Waals surface area contributed by atoms with Crippen molar-refractivity contribution in [1.82, 2.24) is 9.21 Å². The molecule has 4 rings (SSSR count). The largest absolute Gasteiger partial charge is 0.369 e. The van der Waals surface area contributed by atoms with E-state index < -0.39 is 22.4 Å². The van der Waals surface area contributed by atoms with Gasteiger partial charge in [0.15, 0.2) is 5.78 Å². The van der Waals surface area contributed by atoms with Gasteiger partial charge in [-0.15, -0.1) is 0 Å². The Kier molecular flexibility index (Phi) is 7.70. The number of ketones is 2. The fraction of sp³-hybridized carbons (Fsp3) is 0.241. The van der Waals surface area contributed by atoms with E-state index in [1.54, 1.807) is 84.9 Å². The second kappa shape index (κ2) is 10.9. The van der Waals surface area contributed by atoms with Gasteiger partial charge in [0.05, 0.1) is 17.1 Å². The number of benzene rings is 3. The summed E-state index contributed by atoms with van der Waals surface area (Å²) in [6.07, 6.45) is 1.63. The Bertz CT molecular complexity index is 1380. The third-order valence-electron chi connectivity index (χ3n) is 6.12. The summed E-state index contributed by atoms with van der Waals surface area (Å²) in [6.45, 7) is 4.91. The number of hydrogen-bond donors (Lipinski definition) is 0. The van der Waals surface area contributed by atoms with E-state index in [0.717, 1.165) is 17.1 Å². The van der Waals surface area contributed by atoms with Crippen LogP contribution in [0.1, 0.15) is 53.0 Å². The maximum Gasteiger partial charge on any atom is 0.265 e. The topological polar surface area (TPSA) is 74.8 Å². The zero-order valence-electron chi connectivity index (χ0n) is 20.6. The fourth-order valence-corrected chi connectivity index (χ4v) is 6.15. The van der Waals surface area contributed by atoms with Crippen LogP contribution >= 0.6 is 0 Å². The first-order valence-electron chi connectivity index (χ1n) is 12.2. The molecule has 0 N–H and O–H groups in total. The molecule has 3 aromatic carbocycles. The first-order chi connectivity index (χ1) is 17.4. The van der Waals surface area contributed by atoms with E-state index in [4.69, 9.17) is 0 Å². The quantitative estimate of drug-likeness (QED) is 0.354. The molecule has 0 radical (unpaired) electrons. The van der Waals surface area contributed by atoms with Crippen molar-refractivity contribution in [3.05, 3.63) is 107 Å². The third-order valence-corrected chi connectivity index (χ3v) is 7.92. The number of fused-ring (bicyclic) bond motifs is 1.